The Hall–Kier alpha value is -1.92. The molecule has 0 saturated carbocycles. The molecular formula is C15H16ClN3O3. The molecule has 2 heterocycles. The summed E-state index contributed by atoms with van der Waals surface area (Å²) in [7, 11) is 0. The van der Waals surface area contributed by atoms with Crippen LogP contribution in [-0.2, 0) is 11.2 Å². The lowest BCUT2D eigenvalue weighted by atomic mass is 10.1. The molecule has 116 valence electrons. The Bertz CT molecular complexity index is 653. The van der Waals surface area contributed by atoms with Crippen LogP contribution >= 0.6 is 11.6 Å². The van der Waals surface area contributed by atoms with Gasteiger partial charge in [-0.05, 0) is 30.5 Å². The highest BCUT2D eigenvalue weighted by Gasteiger charge is 2.19. The van der Waals surface area contributed by atoms with Crippen LogP contribution in [0, 0.1) is 0 Å². The van der Waals surface area contributed by atoms with Crippen LogP contribution in [0.1, 0.15) is 35.0 Å². The second-order valence-corrected chi connectivity index (χ2v) is 5.59. The molecule has 0 spiro atoms. The minimum atomic E-state index is -0.375. The minimum Gasteiger partial charge on any atom is -0.417 e. The van der Waals surface area contributed by atoms with Crippen molar-refractivity contribution < 1.29 is 13.9 Å². The van der Waals surface area contributed by atoms with Crippen molar-refractivity contribution in [3.8, 4) is 0 Å². The molecule has 22 heavy (non-hydrogen) atoms. The Labute approximate surface area is 132 Å². The van der Waals surface area contributed by atoms with Gasteiger partial charge in [0, 0.05) is 18.2 Å². The van der Waals surface area contributed by atoms with E-state index in [1.165, 1.54) is 0 Å². The summed E-state index contributed by atoms with van der Waals surface area (Å²) >= 11 is 5.93. The van der Waals surface area contributed by atoms with Crippen molar-refractivity contribution in [3.63, 3.8) is 0 Å². The van der Waals surface area contributed by atoms with Crippen LogP contribution in [0.2, 0.25) is 5.02 Å². The highest BCUT2D eigenvalue weighted by molar-refractivity contribution is 6.30. The zero-order chi connectivity index (χ0) is 15.4. The van der Waals surface area contributed by atoms with Crippen LogP contribution in [0.5, 0.6) is 0 Å². The van der Waals surface area contributed by atoms with Gasteiger partial charge in [0.15, 0.2) is 0 Å². The molecular weight excluding hydrogens is 306 g/mol. The first kappa shape index (κ1) is 15.0. The first-order valence-corrected chi connectivity index (χ1v) is 7.55. The minimum absolute atomic E-state index is 0.0324. The lowest BCUT2D eigenvalue weighted by Crippen LogP contribution is -2.31. The van der Waals surface area contributed by atoms with Crippen LogP contribution in [0.4, 0.5) is 0 Å². The Morgan fingerprint density at radius 2 is 2.32 bits per heavy atom. The van der Waals surface area contributed by atoms with Crippen molar-refractivity contribution in [1.82, 2.24) is 15.5 Å². The number of nitrogens with one attached hydrogen (secondary N) is 1. The molecule has 1 aliphatic rings. The molecule has 0 bridgehead atoms. The predicted molar refractivity (Wildman–Crippen MR) is 79.9 cm³/mol. The maximum atomic E-state index is 11.9. The van der Waals surface area contributed by atoms with Crippen molar-refractivity contribution in [2.45, 2.75) is 25.4 Å². The lowest BCUT2D eigenvalue weighted by Gasteiger charge is -2.08. The largest absolute Gasteiger partial charge is 0.417 e. The van der Waals surface area contributed by atoms with Gasteiger partial charge in [-0.1, -0.05) is 23.7 Å². The molecule has 1 N–H and O–H groups in total. The van der Waals surface area contributed by atoms with Crippen molar-refractivity contribution in [2.75, 3.05) is 13.2 Å². The van der Waals surface area contributed by atoms with Gasteiger partial charge in [0.25, 0.3) is 0 Å². The quantitative estimate of drug-likeness (QED) is 0.913. The van der Waals surface area contributed by atoms with Gasteiger partial charge in [0.1, 0.15) is 0 Å². The van der Waals surface area contributed by atoms with Gasteiger partial charge in [-0.2, -0.15) is 0 Å². The molecule has 0 radical (unpaired) electrons. The van der Waals surface area contributed by atoms with E-state index in [2.05, 4.69) is 15.5 Å². The maximum absolute atomic E-state index is 11.9. The van der Waals surface area contributed by atoms with E-state index >= 15 is 0 Å². The molecule has 1 unspecified atom stereocenters. The van der Waals surface area contributed by atoms with Crippen LogP contribution in [0.25, 0.3) is 0 Å². The van der Waals surface area contributed by atoms with Crippen LogP contribution in [-0.4, -0.2) is 35.4 Å². The second kappa shape index (κ2) is 6.89. The first-order valence-electron chi connectivity index (χ1n) is 7.17. The Morgan fingerprint density at radius 1 is 1.41 bits per heavy atom. The van der Waals surface area contributed by atoms with Crippen LogP contribution < -0.4 is 5.32 Å². The van der Waals surface area contributed by atoms with E-state index in [9.17, 15) is 4.79 Å². The second-order valence-electron chi connectivity index (χ2n) is 5.15. The normalized spacial score (nSPS) is 17.6. The smallest absolute Gasteiger partial charge is 0.308 e. The fraction of sp³-hybridized carbons (Fsp3) is 0.400. The molecule has 1 aromatic heterocycles. The molecule has 1 fully saturated rings. The summed E-state index contributed by atoms with van der Waals surface area (Å²) in [5.74, 6) is -0.0279. The third kappa shape index (κ3) is 3.84. The van der Waals surface area contributed by atoms with Crippen molar-refractivity contribution in [2.24, 2.45) is 0 Å². The number of nitrogens with zero attached hydrogens (tertiary/aromatic N) is 2. The molecule has 6 nitrogen and oxygen atoms in total. The van der Waals surface area contributed by atoms with E-state index in [-0.39, 0.29) is 17.9 Å². The highest BCUT2D eigenvalue weighted by atomic mass is 35.5. The summed E-state index contributed by atoms with van der Waals surface area (Å²) in [4.78, 5) is 11.9. The van der Waals surface area contributed by atoms with E-state index in [1.54, 1.807) is 6.07 Å². The van der Waals surface area contributed by atoms with Gasteiger partial charge in [-0.25, -0.2) is 0 Å². The van der Waals surface area contributed by atoms with Gasteiger partial charge < -0.3 is 14.5 Å². The summed E-state index contributed by atoms with van der Waals surface area (Å²) in [6.07, 6.45) is 2.51. The third-order valence-electron chi connectivity index (χ3n) is 3.42. The number of halogens is 1. The van der Waals surface area contributed by atoms with Crippen LogP contribution in [0.15, 0.2) is 28.7 Å². The molecule has 1 amide bonds. The Kier molecular flexibility index (Phi) is 4.70. The Balaban J connectivity index is 1.57. The number of rotatable bonds is 5. The topological polar surface area (TPSA) is 77.2 Å². The van der Waals surface area contributed by atoms with E-state index in [0.29, 0.717) is 23.9 Å². The fourth-order valence-corrected chi connectivity index (χ4v) is 2.54. The fourth-order valence-electron chi connectivity index (χ4n) is 2.33. The average Bonchev–Trinajstić information content (AvgIpc) is 3.16. The van der Waals surface area contributed by atoms with E-state index < -0.39 is 0 Å². The molecule has 7 heteroatoms. The summed E-state index contributed by atoms with van der Waals surface area (Å²) in [5, 5.41) is 11.1. The highest BCUT2D eigenvalue weighted by Crippen LogP contribution is 2.14. The van der Waals surface area contributed by atoms with Crippen molar-refractivity contribution >= 4 is 17.5 Å². The zero-order valence-corrected chi connectivity index (χ0v) is 12.7. The van der Waals surface area contributed by atoms with E-state index in [0.717, 1.165) is 25.0 Å². The number of aromatic nitrogens is 2. The number of carbonyl (C=O) groups excluding carboxylic acids is 1. The average molecular weight is 322 g/mol. The standard InChI is InChI=1S/C15H16ClN3O3/c16-11-4-1-3-10(7-11)8-13-18-19-15(22-13)14(20)17-9-12-5-2-6-21-12/h1,3-4,7,12H,2,5-6,8-9H2,(H,17,20). The summed E-state index contributed by atoms with van der Waals surface area (Å²) in [5.41, 5.74) is 0.947. The number of hydrogen-bond acceptors (Lipinski definition) is 5. The van der Waals surface area contributed by atoms with Gasteiger partial charge in [-0.3, -0.25) is 4.79 Å². The number of benzene rings is 1. The van der Waals surface area contributed by atoms with Crippen molar-refractivity contribution in [3.05, 3.63) is 46.6 Å². The van der Waals surface area contributed by atoms with Gasteiger partial charge >= 0.3 is 11.8 Å². The van der Waals surface area contributed by atoms with Gasteiger partial charge in [0.2, 0.25) is 5.89 Å². The zero-order valence-electron chi connectivity index (χ0n) is 11.9. The summed E-state index contributed by atoms with van der Waals surface area (Å²) in [6.45, 7) is 1.22. The number of carbonyl (C=O) groups is 1. The first-order chi connectivity index (χ1) is 10.7. The molecule has 0 aliphatic carbocycles. The molecule has 1 aliphatic heterocycles. The lowest BCUT2D eigenvalue weighted by molar-refractivity contribution is 0.0828. The molecule has 1 saturated heterocycles. The SMILES string of the molecule is O=C(NCC1CCCO1)c1nnc(Cc2cccc(Cl)c2)o1. The van der Waals surface area contributed by atoms with Gasteiger partial charge in [0.05, 0.1) is 12.5 Å². The monoisotopic (exact) mass is 321 g/mol. The summed E-state index contributed by atoms with van der Waals surface area (Å²) in [6, 6.07) is 7.38. The number of ether oxygens (including phenoxy) is 1. The van der Waals surface area contributed by atoms with E-state index in [4.69, 9.17) is 20.8 Å². The molecule has 1 aromatic carbocycles. The molecule has 3 rings (SSSR count). The molecule has 1 atom stereocenters. The number of hydrogen-bond donors (Lipinski definition) is 1. The number of amides is 1. The summed E-state index contributed by atoms with van der Waals surface area (Å²) < 4.78 is 10.8. The third-order valence-corrected chi connectivity index (χ3v) is 3.65. The van der Waals surface area contributed by atoms with Gasteiger partial charge in [-0.15, -0.1) is 10.2 Å². The van der Waals surface area contributed by atoms with Crippen molar-refractivity contribution in [1.29, 1.82) is 0 Å². The maximum Gasteiger partial charge on any atom is 0.308 e. The van der Waals surface area contributed by atoms with E-state index in [1.807, 2.05) is 18.2 Å². The molecule has 2 aromatic rings. The van der Waals surface area contributed by atoms with Crippen LogP contribution in [0.3, 0.4) is 0 Å². The Morgan fingerprint density at radius 3 is 3.09 bits per heavy atom. The predicted octanol–water partition coefficient (Wildman–Crippen LogP) is 2.22.